The molecule has 3 aromatic heterocycles. The summed E-state index contributed by atoms with van der Waals surface area (Å²) in [4.78, 5) is 16.9. The second-order valence-corrected chi connectivity index (χ2v) is 30.3. The molecule has 0 amide bonds. The molecule has 0 fully saturated rings. The van der Waals surface area contributed by atoms with Gasteiger partial charge in [0.05, 0.1) is 22.1 Å². The van der Waals surface area contributed by atoms with Crippen molar-refractivity contribution in [3.8, 4) is 45.5 Å². The average Bonchev–Trinajstić information content (AvgIpc) is 2.29. The molecular formula is C81H57N5Si2. The van der Waals surface area contributed by atoms with E-state index in [-0.39, 0.29) is 0 Å². The molecule has 5 nitrogen and oxygen atoms in total. The molecule has 16 rings (SSSR count). The van der Waals surface area contributed by atoms with Crippen LogP contribution < -0.4 is 41.5 Å². The molecule has 0 bridgehead atoms. The van der Waals surface area contributed by atoms with Crippen molar-refractivity contribution in [1.29, 1.82) is 0 Å². The third-order valence-corrected chi connectivity index (χ3v) is 27.4. The molecule has 0 N–H and O–H groups in total. The number of hydrogen-bond acceptors (Lipinski definition) is 3. The van der Waals surface area contributed by atoms with Crippen LogP contribution in [0.25, 0.3) is 89.2 Å². The van der Waals surface area contributed by atoms with Gasteiger partial charge in [-0.2, -0.15) is 15.0 Å². The summed E-state index contributed by atoms with van der Waals surface area (Å²) in [5.74, 6) is 1.62. The molecule has 0 aliphatic carbocycles. The van der Waals surface area contributed by atoms with E-state index in [2.05, 4.69) is 355 Å². The van der Waals surface area contributed by atoms with Gasteiger partial charge in [0.25, 0.3) is 0 Å². The van der Waals surface area contributed by atoms with Crippen LogP contribution >= 0.6 is 0 Å². The Balaban J connectivity index is 0.989. The summed E-state index contributed by atoms with van der Waals surface area (Å²) in [6, 6.07) is 127. The zero-order chi connectivity index (χ0) is 58.4. The van der Waals surface area contributed by atoms with Crippen molar-refractivity contribution in [2.75, 3.05) is 0 Å². The molecular weight excluding hydrogens is 1100 g/mol. The summed E-state index contributed by atoms with van der Waals surface area (Å²) in [5.41, 5.74) is 9.22. The number of para-hydroxylation sites is 4. The Labute approximate surface area is 513 Å². The van der Waals surface area contributed by atoms with E-state index < -0.39 is 16.1 Å². The Kier molecular flexibility index (Phi) is 13.2. The van der Waals surface area contributed by atoms with Gasteiger partial charge in [-0.3, -0.25) is 9.13 Å². The van der Waals surface area contributed by atoms with Crippen LogP contribution in [0.15, 0.2) is 346 Å². The molecule has 0 aliphatic heterocycles. The van der Waals surface area contributed by atoms with Crippen molar-refractivity contribution in [2.24, 2.45) is 0 Å². The molecule has 0 spiro atoms. The number of benzene rings is 13. The van der Waals surface area contributed by atoms with Crippen LogP contribution in [0.5, 0.6) is 0 Å². The van der Waals surface area contributed by atoms with Crippen molar-refractivity contribution in [3.05, 3.63) is 346 Å². The highest BCUT2D eigenvalue weighted by Gasteiger charge is 2.43. The second-order valence-electron chi connectivity index (χ2n) is 22.7. The number of aromatic nitrogens is 5. The first-order valence-corrected chi connectivity index (χ1v) is 34.1. The molecule has 0 saturated carbocycles. The Bertz CT molecular complexity index is 4590. The van der Waals surface area contributed by atoms with E-state index >= 15 is 0 Å². The number of hydrogen-bond donors (Lipinski definition) is 0. The van der Waals surface area contributed by atoms with Crippen molar-refractivity contribution < 1.29 is 0 Å². The van der Waals surface area contributed by atoms with E-state index in [4.69, 9.17) is 15.0 Å². The van der Waals surface area contributed by atoms with Gasteiger partial charge in [-0.05, 0) is 106 Å². The summed E-state index contributed by atoms with van der Waals surface area (Å²) in [6.45, 7) is 0. The Hall–Kier alpha value is -11.1. The molecule has 16 aromatic rings. The second kappa shape index (κ2) is 22.1. The molecule has 7 heteroatoms. The minimum atomic E-state index is -2.95. The fourth-order valence-corrected chi connectivity index (χ4v) is 23.6. The molecule has 414 valence electrons. The third kappa shape index (κ3) is 8.70. The van der Waals surface area contributed by atoms with Crippen molar-refractivity contribution in [2.45, 2.75) is 0 Å². The van der Waals surface area contributed by atoms with Crippen LogP contribution in [0.3, 0.4) is 0 Å². The SMILES string of the molecule is c1ccc([Si](c2ccccc2)(c2ccccc2)c2cccc(-c3cc(-c4cccc([Si](c5ccccc5)(c5ccccc5)c5ccccc5)c4)cc(-c4nc(-n5c6ccccc6c6ccccc65)nc(-n5c6ccccc6c6ccccc65)n4)c3)c2)cc1. The van der Waals surface area contributed by atoms with E-state index in [1.807, 2.05) is 0 Å². The first-order valence-electron chi connectivity index (χ1n) is 30.1. The van der Waals surface area contributed by atoms with Crippen LogP contribution in [-0.4, -0.2) is 40.2 Å². The highest BCUT2D eigenvalue weighted by Crippen LogP contribution is 2.37. The third-order valence-electron chi connectivity index (χ3n) is 17.9. The summed E-state index contributed by atoms with van der Waals surface area (Å²) in [5, 5.41) is 15.0. The normalized spacial score (nSPS) is 11.9. The van der Waals surface area contributed by atoms with Gasteiger partial charge in [-0.25, -0.2) is 0 Å². The maximum absolute atomic E-state index is 5.68. The number of nitrogens with zero attached hydrogens (tertiary/aromatic N) is 5. The predicted octanol–water partition coefficient (Wildman–Crippen LogP) is 13.8. The largest absolute Gasteiger partial charge is 0.278 e. The van der Waals surface area contributed by atoms with Crippen molar-refractivity contribution in [3.63, 3.8) is 0 Å². The standard InChI is InChI=1S/C81H57N5Si2/c1-7-31-63(32-8-1)87(64-33-9-2-10-34-64,65-35-11-3-12-36-65)69-43-27-29-58(56-69)60-53-61(59-30-28-44-70(57-59)88(66-37-13-4-14-38-66,67-39-15-5-16-40-67)68-41-17-6-18-42-68)55-62(54-60)79-82-80(85-75-49-23-19-45-71(75)72-46-20-24-50-76(72)85)84-81(83-79)86-77-51-25-21-47-73(77)74-48-22-26-52-78(74)86/h1-57H. The maximum Gasteiger partial charge on any atom is 0.240 e. The van der Waals surface area contributed by atoms with Crippen LogP contribution in [-0.2, 0) is 0 Å². The lowest BCUT2D eigenvalue weighted by Crippen LogP contribution is -2.74. The van der Waals surface area contributed by atoms with Crippen LogP contribution in [0.4, 0.5) is 0 Å². The molecule has 0 unspecified atom stereocenters. The fourth-order valence-electron chi connectivity index (χ4n) is 14.0. The highest BCUT2D eigenvalue weighted by molar-refractivity contribution is 7.20. The smallest absolute Gasteiger partial charge is 0.240 e. The Morgan fingerprint density at radius 2 is 0.443 bits per heavy atom. The monoisotopic (exact) mass is 1160 g/mol. The summed E-state index contributed by atoms with van der Waals surface area (Å²) >= 11 is 0. The highest BCUT2D eigenvalue weighted by atomic mass is 28.3. The zero-order valence-corrected chi connectivity index (χ0v) is 50.1. The van der Waals surface area contributed by atoms with Gasteiger partial charge < -0.3 is 0 Å². The lowest BCUT2D eigenvalue weighted by molar-refractivity contribution is 0.893. The topological polar surface area (TPSA) is 48.5 Å². The molecule has 0 atom stereocenters. The van der Waals surface area contributed by atoms with Gasteiger partial charge in [-0.1, -0.05) is 303 Å². The minimum absolute atomic E-state index is 0.531. The van der Waals surface area contributed by atoms with Gasteiger partial charge in [-0.15, -0.1) is 0 Å². The average molecular weight is 1160 g/mol. The van der Waals surface area contributed by atoms with Crippen LogP contribution in [0.1, 0.15) is 0 Å². The Morgan fingerprint density at radius 3 is 0.739 bits per heavy atom. The van der Waals surface area contributed by atoms with Gasteiger partial charge >= 0.3 is 0 Å². The maximum atomic E-state index is 5.68. The van der Waals surface area contributed by atoms with Crippen LogP contribution in [0, 0.1) is 0 Å². The van der Waals surface area contributed by atoms with Crippen molar-refractivity contribution >= 4 is 101 Å². The summed E-state index contributed by atoms with van der Waals surface area (Å²) in [7, 11) is -5.89. The van der Waals surface area contributed by atoms with Gasteiger partial charge in [0.2, 0.25) is 11.9 Å². The quantitative estimate of drug-likeness (QED) is 0.0854. The molecule has 0 aliphatic rings. The summed E-state index contributed by atoms with van der Waals surface area (Å²) in [6.07, 6.45) is 0. The number of rotatable bonds is 13. The van der Waals surface area contributed by atoms with Crippen LogP contribution in [0.2, 0.25) is 0 Å². The van der Waals surface area contributed by atoms with Gasteiger partial charge in [0.1, 0.15) is 0 Å². The lowest BCUT2D eigenvalue weighted by atomic mass is 9.96. The lowest BCUT2D eigenvalue weighted by Gasteiger charge is -2.34. The van der Waals surface area contributed by atoms with Crippen molar-refractivity contribution in [1.82, 2.24) is 24.1 Å². The fraction of sp³-hybridized carbons (Fsp3) is 0. The van der Waals surface area contributed by atoms with E-state index in [1.54, 1.807) is 0 Å². The predicted molar refractivity (Wildman–Crippen MR) is 372 cm³/mol. The molecule has 88 heavy (non-hydrogen) atoms. The zero-order valence-electron chi connectivity index (χ0n) is 48.1. The van der Waals surface area contributed by atoms with E-state index in [9.17, 15) is 0 Å². The molecule has 0 radical (unpaired) electrons. The van der Waals surface area contributed by atoms with E-state index in [0.717, 1.165) is 71.4 Å². The molecule has 0 saturated heterocycles. The van der Waals surface area contributed by atoms with E-state index in [1.165, 1.54) is 41.5 Å². The first kappa shape index (κ1) is 52.5. The molecule has 3 heterocycles. The van der Waals surface area contributed by atoms with Gasteiger partial charge in [0.15, 0.2) is 22.0 Å². The molecule has 13 aromatic carbocycles. The first-order chi connectivity index (χ1) is 43.6. The summed E-state index contributed by atoms with van der Waals surface area (Å²) < 4.78 is 4.43. The Morgan fingerprint density at radius 1 is 0.193 bits per heavy atom. The van der Waals surface area contributed by atoms with Gasteiger partial charge in [0, 0.05) is 27.1 Å². The van der Waals surface area contributed by atoms with E-state index in [0.29, 0.717) is 17.7 Å². The minimum Gasteiger partial charge on any atom is -0.278 e. The number of fused-ring (bicyclic) bond motifs is 6.